The molecule has 1 N–H and O–H groups in total. The number of piperidine rings is 1. The minimum absolute atomic E-state index is 0.107. The van der Waals surface area contributed by atoms with E-state index in [1.165, 1.54) is 11.1 Å². The fourth-order valence-corrected chi connectivity index (χ4v) is 6.55. The second kappa shape index (κ2) is 14.7. The van der Waals surface area contributed by atoms with E-state index in [1.54, 1.807) is 18.2 Å². The Morgan fingerprint density at radius 1 is 0.978 bits per heavy atom. The number of ether oxygens (including phenoxy) is 2. The second-order valence-corrected chi connectivity index (χ2v) is 13.9. The molecule has 0 spiro atoms. The van der Waals surface area contributed by atoms with Crippen molar-refractivity contribution < 1.29 is 23.9 Å². The van der Waals surface area contributed by atoms with E-state index < -0.39 is 0 Å². The van der Waals surface area contributed by atoms with Gasteiger partial charge >= 0.3 is 0 Å². The lowest BCUT2D eigenvalue weighted by molar-refractivity contribution is -0.139. The van der Waals surface area contributed by atoms with Crippen LogP contribution in [0.25, 0.3) is 0 Å². The van der Waals surface area contributed by atoms with Crippen molar-refractivity contribution in [3.05, 3.63) is 59.3 Å². The number of aryl methyl sites for hydroxylation is 1. The molecular formula is C35H49N5O5. The predicted molar refractivity (Wildman–Crippen MR) is 172 cm³/mol. The van der Waals surface area contributed by atoms with Crippen LogP contribution >= 0.6 is 0 Å². The molecule has 4 aliphatic heterocycles. The van der Waals surface area contributed by atoms with E-state index in [4.69, 9.17) is 9.47 Å². The summed E-state index contributed by atoms with van der Waals surface area (Å²) in [5.74, 6) is 0.654. The molecule has 0 saturated carbocycles. The Balaban J connectivity index is 1.35. The third-order valence-corrected chi connectivity index (χ3v) is 9.04. The molecule has 45 heavy (non-hydrogen) atoms. The molecule has 10 nitrogen and oxygen atoms in total. The van der Waals surface area contributed by atoms with Gasteiger partial charge in [-0.1, -0.05) is 51.1 Å². The fraction of sp³-hybridized carbons (Fsp3) is 0.600. The lowest BCUT2D eigenvalue weighted by Gasteiger charge is -2.37. The predicted octanol–water partition coefficient (Wildman–Crippen LogP) is 3.68. The summed E-state index contributed by atoms with van der Waals surface area (Å²) in [7, 11) is 0. The van der Waals surface area contributed by atoms with Crippen molar-refractivity contribution in [3.8, 4) is 5.88 Å². The smallest absolute Gasteiger partial charge is 0.270 e. The maximum Gasteiger partial charge on any atom is 0.270 e. The van der Waals surface area contributed by atoms with Crippen LogP contribution in [-0.4, -0.2) is 102 Å². The normalized spacial score (nSPS) is 24.1. The van der Waals surface area contributed by atoms with Crippen LogP contribution in [0.4, 0.5) is 0 Å². The molecule has 10 heteroatoms. The quantitative estimate of drug-likeness (QED) is 0.523. The van der Waals surface area contributed by atoms with Gasteiger partial charge in [0.15, 0.2) is 0 Å². The number of amides is 3. The Kier molecular flexibility index (Phi) is 10.8. The summed E-state index contributed by atoms with van der Waals surface area (Å²) >= 11 is 0. The SMILES string of the molecule is Cc1ccccc1CN1C[C@@H]2C[C@H]1C(=O)N1CCC(CC1)CN(C(=O)CC(C)(C)C)CCOCCOc1cccc(n1)C(=O)N2. The standard InChI is InChI=1S/C35H49N5O5/c1-25-8-5-6-9-27(25)23-40-24-28-20-30(40)34(43)38-14-12-26(13-15-38)22-39(32(41)21-35(2,3)4)16-17-44-18-19-45-31-11-7-10-29(37-31)33(42)36-28/h5-11,26,28,30H,12-24H2,1-4H3,(H,36,42)/t28-,30-/m0/s1. The largest absolute Gasteiger partial charge is 0.475 e. The summed E-state index contributed by atoms with van der Waals surface area (Å²) in [4.78, 5) is 51.3. The number of carbonyl (C=O) groups is 3. The van der Waals surface area contributed by atoms with Gasteiger partial charge in [-0.3, -0.25) is 19.3 Å². The number of likely N-dealkylation sites (tertiary alicyclic amines) is 1. The average Bonchev–Trinajstić information content (AvgIpc) is 3.40. The zero-order chi connectivity index (χ0) is 32.0. The van der Waals surface area contributed by atoms with Crippen LogP contribution in [0.3, 0.4) is 0 Å². The van der Waals surface area contributed by atoms with Crippen molar-refractivity contribution in [3.63, 3.8) is 0 Å². The van der Waals surface area contributed by atoms with E-state index in [9.17, 15) is 14.4 Å². The lowest BCUT2D eigenvalue weighted by Crippen LogP contribution is -2.49. The minimum Gasteiger partial charge on any atom is -0.475 e. The molecule has 2 fully saturated rings. The van der Waals surface area contributed by atoms with E-state index in [0.29, 0.717) is 77.1 Å². The molecule has 3 amide bonds. The number of nitrogens with one attached hydrogen (secondary N) is 1. The van der Waals surface area contributed by atoms with Crippen LogP contribution in [-0.2, 0) is 20.9 Å². The van der Waals surface area contributed by atoms with E-state index in [0.717, 1.165) is 12.8 Å². The van der Waals surface area contributed by atoms with Gasteiger partial charge in [0.05, 0.1) is 19.3 Å². The van der Waals surface area contributed by atoms with Crippen LogP contribution in [0.15, 0.2) is 42.5 Å². The van der Waals surface area contributed by atoms with Gasteiger partial charge < -0.3 is 24.6 Å². The summed E-state index contributed by atoms with van der Waals surface area (Å²) in [5, 5.41) is 3.14. The third-order valence-electron chi connectivity index (χ3n) is 9.04. The third kappa shape index (κ3) is 9.04. The van der Waals surface area contributed by atoms with Gasteiger partial charge in [-0.2, -0.15) is 0 Å². The second-order valence-electron chi connectivity index (χ2n) is 13.9. The van der Waals surface area contributed by atoms with Gasteiger partial charge in [0.2, 0.25) is 17.7 Å². The first-order chi connectivity index (χ1) is 21.6. The molecule has 4 aliphatic rings. The summed E-state index contributed by atoms with van der Waals surface area (Å²) in [6.45, 7) is 13.1. The van der Waals surface area contributed by atoms with Crippen molar-refractivity contribution in [2.24, 2.45) is 11.3 Å². The van der Waals surface area contributed by atoms with E-state index >= 15 is 0 Å². The maximum absolute atomic E-state index is 14.1. The molecule has 0 aliphatic carbocycles. The topological polar surface area (TPSA) is 104 Å². The maximum atomic E-state index is 14.1. The van der Waals surface area contributed by atoms with E-state index in [-0.39, 0.29) is 47.5 Å². The Labute approximate surface area is 267 Å². The fourth-order valence-electron chi connectivity index (χ4n) is 6.55. The highest BCUT2D eigenvalue weighted by molar-refractivity contribution is 5.92. The van der Waals surface area contributed by atoms with Crippen molar-refractivity contribution in [1.82, 2.24) is 25.0 Å². The first-order valence-corrected chi connectivity index (χ1v) is 16.4. The number of nitrogens with zero attached hydrogens (tertiary/aromatic N) is 4. The zero-order valence-corrected chi connectivity index (χ0v) is 27.3. The Morgan fingerprint density at radius 3 is 2.51 bits per heavy atom. The summed E-state index contributed by atoms with van der Waals surface area (Å²) in [6.07, 6.45) is 2.72. The number of carbonyl (C=O) groups excluding carboxylic acids is 3. The Bertz CT molecular complexity index is 1340. The monoisotopic (exact) mass is 619 g/mol. The van der Waals surface area contributed by atoms with Crippen LogP contribution in [0.5, 0.6) is 5.88 Å². The first kappa shape index (κ1) is 32.9. The number of fused-ring (bicyclic) bond motifs is 10. The summed E-state index contributed by atoms with van der Waals surface area (Å²) in [6, 6.07) is 12.9. The molecule has 1 aromatic heterocycles. The average molecular weight is 620 g/mol. The number of aromatic nitrogens is 1. The molecule has 2 atom stereocenters. The Morgan fingerprint density at radius 2 is 1.76 bits per heavy atom. The van der Waals surface area contributed by atoms with Gasteiger partial charge in [-0.15, -0.1) is 0 Å². The van der Waals surface area contributed by atoms with Crippen molar-refractivity contribution in [2.45, 2.75) is 72.0 Å². The van der Waals surface area contributed by atoms with Crippen molar-refractivity contribution >= 4 is 17.7 Å². The van der Waals surface area contributed by atoms with Gasteiger partial charge in [0.1, 0.15) is 12.3 Å². The van der Waals surface area contributed by atoms with Gasteiger partial charge in [-0.25, -0.2) is 4.98 Å². The molecule has 244 valence electrons. The van der Waals surface area contributed by atoms with Gasteiger partial charge in [0.25, 0.3) is 5.91 Å². The molecule has 0 radical (unpaired) electrons. The van der Waals surface area contributed by atoms with Crippen LogP contribution in [0.1, 0.15) is 68.1 Å². The molecule has 6 rings (SSSR count). The van der Waals surface area contributed by atoms with E-state index in [1.807, 2.05) is 21.9 Å². The molecule has 0 unspecified atom stereocenters. The highest BCUT2D eigenvalue weighted by Crippen LogP contribution is 2.28. The summed E-state index contributed by atoms with van der Waals surface area (Å²) in [5.41, 5.74) is 2.53. The molecule has 2 aromatic rings. The molecule has 1 aromatic carbocycles. The first-order valence-electron chi connectivity index (χ1n) is 16.4. The van der Waals surface area contributed by atoms with Crippen LogP contribution in [0, 0.1) is 18.3 Å². The van der Waals surface area contributed by atoms with Gasteiger partial charge in [0, 0.05) is 57.8 Å². The van der Waals surface area contributed by atoms with Crippen LogP contribution < -0.4 is 10.1 Å². The van der Waals surface area contributed by atoms with Crippen molar-refractivity contribution in [1.29, 1.82) is 0 Å². The zero-order valence-electron chi connectivity index (χ0n) is 27.3. The molecular weight excluding hydrogens is 570 g/mol. The number of pyridine rings is 1. The molecule has 5 heterocycles. The van der Waals surface area contributed by atoms with Crippen LogP contribution in [0.2, 0.25) is 0 Å². The number of benzene rings is 1. The lowest BCUT2D eigenvalue weighted by atomic mass is 9.90. The van der Waals surface area contributed by atoms with Crippen molar-refractivity contribution in [2.75, 3.05) is 52.5 Å². The van der Waals surface area contributed by atoms with E-state index in [2.05, 4.69) is 55.0 Å². The number of hydrogen-bond acceptors (Lipinski definition) is 7. The Hall–Kier alpha value is -3.50. The minimum atomic E-state index is -0.329. The highest BCUT2D eigenvalue weighted by Gasteiger charge is 2.40. The molecule has 6 bridgehead atoms. The summed E-state index contributed by atoms with van der Waals surface area (Å²) < 4.78 is 11.6. The number of rotatable bonds is 3. The molecule has 2 saturated heterocycles. The van der Waals surface area contributed by atoms with Gasteiger partial charge in [-0.05, 0) is 54.7 Å². The number of hydrogen-bond donors (Lipinski definition) is 1. The highest BCUT2D eigenvalue weighted by atomic mass is 16.5.